The highest BCUT2D eigenvalue weighted by molar-refractivity contribution is 5.66. The SMILES string of the molecule is C[C@@H]1CCC[C@H](C)N1c1nc2c(c(-c3ccc(F)c(F)c3)n1)CCNCC2. The second kappa shape index (κ2) is 7.50. The van der Waals surface area contributed by atoms with Gasteiger partial charge >= 0.3 is 0 Å². The van der Waals surface area contributed by atoms with Crippen molar-refractivity contribution in [3.8, 4) is 11.3 Å². The molecule has 4 nitrogen and oxygen atoms in total. The molecule has 1 fully saturated rings. The monoisotopic (exact) mass is 372 g/mol. The van der Waals surface area contributed by atoms with Crippen LogP contribution in [-0.4, -0.2) is 35.1 Å². The fraction of sp³-hybridized carbons (Fsp3) is 0.524. The van der Waals surface area contributed by atoms with E-state index in [1.54, 1.807) is 6.07 Å². The van der Waals surface area contributed by atoms with Gasteiger partial charge in [0.15, 0.2) is 11.6 Å². The van der Waals surface area contributed by atoms with E-state index in [2.05, 4.69) is 24.1 Å². The first-order valence-corrected chi connectivity index (χ1v) is 9.89. The van der Waals surface area contributed by atoms with Gasteiger partial charge in [-0.05, 0) is 64.3 Å². The van der Waals surface area contributed by atoms with Gasteiger partial charge in [0.2, 0.25) is 5.95 Å². The standard InChI is InChI=1S/C21H26F2N4/c1-13-4-3-5-14(2)27(13)21-25-19-9-11-24-10-8-16(19)20(26-21)15-6-7-17(22)18(23)12-15/h6-7,12-14,24H,3-5,8-11H2,1-2H3/t13-,14+. The molecule has 1 aromatic carbocycles. The lowest BCUT2D eigenvalue weighted by Crippen LogP contribution is -2.45. The summed E-state index contributed by atoms with van der Waals surface area (Å²) in [5, 5.41) is 3.39. The predicted octanol–water partition coefficient (Wildman–Crippen LogP) is 3.88. The van der Waals surface area contributed by atoms with E-state index < -0.39 is 11.6 Å². The zero-order valence-electron chi connectivity index (χ0n) is 15.9. The molecular formula is C21H26F2N4. The summed E-state index contributed by atoms with van der Waals surface area (Å²) >= 11 is 0. The number of aromatic nitrogens is 2. The quantitative estimate of drug-likeness (QED) is 0.869. The molecule has 0 aliphatic carbocycles. The number of hydrogen-bond acceptors (Lipinski definition) is 4. The number of hydrogen-bond donors (Lipinski definition) is 1. The van der Waals surface area contributed by atoms with Crippen molar-refractivity contribution in [2.24, 2.45) is 0 Å². The summed E-state index contributed by atoms with van der Waals surface area (Å²) in [7, 11) is 0. The Morgan fingerprint density at radius 3 is 2.48 bits per heavy atom. The molecule has 2 aliphatic heterocycles. The fourth-order valence-corrected chi connectivity index (χ4v) is 4.35. The summed E-state index contributed by atoms with van der Waals surface area (Å²) in [4.78, 5) is 12.1. The molecule has 0 unspecified atom stereocenters. The van der Waals surface area contributed by atoms with Crippen LogP contribution in [0.1, 0.15) is 44.4 Å². The van der Waals surface area contributed by atoms with E-state index in [1.807, 2.05) is 0 Å². The maximum Gasteiger partial charge on any atom is 0.226 e. The molecule has 0 spiro atoms. The highest BCUT2D eigenvalue weighted by atomic mass is 19.2. The minimum Gasteiger partial charge on any atom is -0.335 e. The van der Waals surface area contributed by atoms with E-state index in [0.29, 0.717) is 17.6 Å². The minimum atomic E-state index is -0.840. The Labute approximate surface area is 159 Å². The van der Waals surface area contributed by atoms with Crippen LogP contribution in [0.15, 0.2) is 18.2 Å². The summed E-state index contributed by atoms with van der Waals surface area (Å²) in [6, 6.07) is 4.79. The molecule has 2 aromatic rings. The van der Waals surface area contributed by atoms with E-state index in [4.69, 9.17) is 9.97 Å². The summed E-state index contributed by atoms with van der Waals surface area (Å²) in [5.41, 5.74) is 3.43. The molecule has 2 atom stereocenters. The van der Waals surface area contributed by atoms with Gasteiger partial charge in [-0.2, -0.15) is 0 Å². The van der Waals surface area contributed by atoms with Crippen molar-refractivity contribution in [1.29, 1.82) is 0 Å². The first-order valence-electron chi connectivity index (χ1n) is 9.89. The second-order valence-electron chi connectivity index (χ2n) is 7.71. The Morgan fingerprint density at radius 2 is 1.74 bits per heavy atom. The normalized spacial score (nSPS) is 23.0. The summed E-state index contributed by atoms with van der Waals surface area (Å²) in [5.74, 6) is -0.956. The Hall–Kier alpha value is -2.08. The Bertz CT molecular complexity index is 829. The number of nitrogens with one attached hydrogen (secondary N) is 1. The van der Waals surface area contributed by atoms with Crippen LogP contribution < -0.4 is 10.2 Å². The van der Waals surface area contributed by atoms with E-state index in [-0.39, 0.29) is 0 Å². The molecule has 2 aliphatic rings. The van der Waals surface area contributed by atoms with E-state index >= 15 is 0 Å². The smallest absolute Gasteiger partial charge is 0.226 e. The molecule has 1 saturated heterocycles. The van der Waals surface area contributed by atoms with Crippen LogP contribution >= 0.6 is 0 Å². The molecule has 0 saturated carbocycles. The summed E-state index contributed by atoms with van der Waals surface area (Å²) in [6.07, 6.45) is 5.05. The molecule has 3 heterocycles. The van der Waals surface area contributed by atoms with Gasteiger partial charge in [0.1, 0.15) is 0 Å². The van der Waals surface area contributed by atoms with Crippen molar-refractivity contribution in [3.63, 3.8) is 0 Å². The van der Waals surface area contributed by atoms with Gasteiger partial charge in [-0.1, -0.05) is 0 Å². The number of benzene rings is 1. The molecule has 1 aromatic heterocycles. The van der Waals surface area contributed by atoms with E-state index in [0.717, 1.165) is 61.7 Å². The molecular weight excluding hydrogens is 346 g/mol. The van der Waals surface area contributed by atoms with Crippen molar-refractivity contribution in [3.05, 3.63) is 41.1 Å². The van der Waals surface area contributed by atoms with Crippen molar-refractivity contribution in [1.82, 2.24) is 15.3 Å². The van der Waals surface area contributed by atoms with Crippen LogP contribution in [0.25, 0.3) is 11.3 Å². The highest BCUT2D eigenvalue weighted by Crippen LogP contribution is 2.32. The highest BCUT2D eigenvalue weighted by Gasteiger charge is 2.29. The van der Waals surface area contributed by atoms with Gasteiger partial charge in [-0.25, -0.2) is 18.7 Å². The maximum atomic E-state index is 13.9. The Morgan fingerprint density at radius 1 is 1.00 bits per heavy atom. The third-order valence-corrected chi connectivity index (χ3v) is 5.79. The number of piperidine rings is 1. The Kier molecular flexibility index (Phi) is 5.08. The topological polar surface area (TPSA) is 41.1 Å². The first-order chi connectivity index (χ1) is 13.0. The van der Waals surface area contributed by atoms with Gasteiger partial charge in [-0.15, -0.1) is 0 Å². The molecule has 1 N–H and O–H groups in total. The van der Waals surface area contributed by atoms with Crippen LogP contribution in [0.5, 0.6) is 0 Å². The van der Waals surface area contributed by atoms with E-state index in [9.17, 15) is 8.78 Å². The molecule has 27 heavy (non-hydrogen) atoms. The molecule has 144 valence electrons. The number of fused-ring (bicyclic) bond motifs is 1. The third kappa shape index (κ3) is 3.55. The lowest BCUT2D eigenvalue weighted by molar-refractivity contribution is 0.407. The van der Waals surface area contributed by atoms with Gasteiger partial charge in [0.05, 0.1) is 11.4 Å². The van der Waals surface area contributed by atoms with Gasteiger partial charge in [-0.3, -0.25) is 0 Å². The fourth-order valence-electron chi connectivity index (χ4n) is 4.35. The van der Waals surface area contributed by atoms with Crippen LogP contribution in [-0.2, 0) is 12.8 Å². The van der Waals surface area contributed by atoms with E-state index in [1.165, 1.54) is 18.6 Å². The number of rotatable bonds is 2. The van der Waals surface area contributed by atoms with Crippen molar-refractivity contribution in [2.45, 2.75) is 58.0 Å². The first kappa shape index (κ1) is 18.3. The van der Waals surface area contributed by atoms with Crippen molar-refractivity contribution < 1.29 is 8.78 Å². The Balaban J connectivity index is 1.86. The number of anilines is 1. The van der Waals surface area contributed by atoms with Gasteiger partial charge in [0, 0.05) is 36.2 Å². The van der Waals surface area contributed by atoms with Crippen LogP contribution in [0, 0.1) is 11.6 Å². The zero-order chi connectivity index (χ0) is 19.0. The third-order valence-electron chi connectivity index (χ3n) is 5.79. The second-order valence-corrected chi connectivity index (χ2v) is 7.71. The van der Waals surface area contributed by atoms with Crippen molar-refractivity contribution in [2.75, 3.05) is 18.0 Å². The average molecular weight is 372 g/mol. The zero-order valence-corrected chi connectivity index (χ0v) is 15.9. The van der Waals surface area contributed by atoms with Crippen LogP contribution in [0.4, 0.5) is 14.7 Å². The number of nitrogens with zero attached hydrogens (tertiary/aromatic N) is 3. The minimum absolute atomic E-state index is 0.369. The summed E-state index contributed by atoms with van der Waals surface area (Å²) in [6.45, 7) is 6.13. The molecule has 0 amide bonds. The molecule has 4 rings (SSSR count). The molecule has 0 bridgehead atoms. The number of halogens is 2. The lowest BCUT2D eigenvalue weighted by atomic mass is 9.97. The van der Waals surface area contributed by atoms with Crippen molar-refractivity contribution >= 4 is 5.95 Å². The average Bonchev–Trinajstić information content (AvgIpc) is 2.89. The van der Waals surface area contributed by atoms with Gasteiger partial charge < -0.3 is 10.2 Å². The van der Waals surface area contributed by atoms with Crippen LogP contribution in [0.3, 0.4) is 0 Å². The lowest BCUT2D eigenvalue weighted by Gasteiger charge is -2.39. The predicted molar refractivity (Wildman–Crippen MR) is 103 cm³/mol. The van der Waals surface area contributed by atoms with Crippen LogP contribution in [0.2, 0.25) is 0 Å². The molecule has 0 radical (unpaired) electrons. The van der Waals surface area contributed by atoms with Gasteiger partial charge in [0.25, 0.3) is 0 Å². The largest absolute Gasteiger partial charge is 0.335 e. The summed E-state index contributed by atoms with van der Waals surface area (Å²) < 4.78 is 27.4. The molecule has 6 heteroatoms. The maximum absolute atomic E-state index is 13.9.